The quantitative estimate of drug-likeness (QED) is 0.520. The van der Waals surface area contributed by atoms with Crippen LogP contribution in [-0.2, 0) is 28.9 Å². The maximum Gasteiger partial charge on any atom is 0.345 e. The van der Waals surface area contributed by atoms with E-state index < -0.39 is 34.9 Å². The van der Waals surface area contributed by atoms with E-state index in [9.17, 15) is 23.3 Å². The van der Waals surface area contributed by atoms with E-state index in [4.69, 9.17) is 20.2 Å². The Morgan fingerprint density at radius 2 is 1.83 bits per heavy atom. The Balaban J connectivity index is 2.80. The number of nitrogens with one attached hydrogen (secondary N) is 1. The molecule has 1 heterocycles. The van der Waals surface area contributed by atoms with Gasteiger partial charge in [-0.25, -0.2) is 4.79 Å². The first-order chi connectivity index (χ1) is 10.6. The largest absolute Gasteiger partial charge is 0.345 e. The van der Waals surface area contributed by atoms with Crippen LogP contribution in [-0.4, -0.2) is 29.0 Å². The van der Waals surface area contributed by atoms with Crippen LogP contribution in [0.3, 0.4) is 0 Å². The fraction of sp³-hybridized carbons (Fsp3) is 0.400. The molecule has 0 bridgehead atoms. The summed E-state index contributed by atoms with van der Waals surface area (Å²) >= 11 is 5.61. The lowest BCUT2D eigenvalue weighted by Gasteiger charge is -2.13. The van der Waals surface area contributed by atoms with E-state index in [-0.39, 0.29) is 17.7 Å². The highest BCUT2D eigenvalue weighted by Gasteiger charge is 2.26. The Bertz CT molecular complexity index is 780. The van der Waals surface area contributed by atoms with E-state index in [1.54, 1.807) is 0 Å². The zero-order chi connectivity index (χ0) is 17.6. The third-order valence-electron chi connectivity index (χ3n) is 2.30. The molecule has 0 aliphatic carbocycles. The van der Waals surface area contributed by atoms with Crippen LogP contribution in [0.1, 0.15) is 0 Å². The summed E-state index contributed by atoms with van der Waals surface area (Å²) in [5, 5.41) is -0.149. The lowest BCUT2D eigenvalue weighted by molar-refractivity contribution is 0.397. The highest BCUT2D eigenvalue weighted by atomic mass is 35.5. The third-order valence-corrected chi connectivity index (χ3v) is 7.51. The van der Waals surface area contributed by atoms with Gasteiger partial charge in [-0.05, 0) is 0 Å². The Morgan fingerprint density at radius 1 is 1.26 bits per heavy atom. The van der Waals surface area contributed by atoms with E-state index in [0.29, 0.717) is 0 Å². The number of allylic oxidation sites excluding steroid dienone is 2. The van der Waals surface area contributed by atoms with Crippen LogP contribution in [0.25, 0.3) is 0 Å². The monoisotopic (exact) mass is 404 g/mol. The molecule has 0 aromatic carbocycles. The van der Waals surface area contributed by atoms with Crippen molar-refractivity contribution in [3.05, 3.63) is 44.2 Å². The number of hydrogen-bond donors (Lipinski definition) is 1. The standard InChI is InChI=1S/C10H16ClN2O7P3/c1-21(16)19-23(18,20-22(2)17)6-4-3-5-13-7-8(11)9(14)12-10(13)15/h3-4,7,21-22H,5-6H2,1-2H3,(H,12,14,15)/b4-3-. The van der Waals surface area contributed by atoms with Crippen molar-refractivity contribution in [3.63, 3.8) is 0 Å². The molecule has 0 amide bonds. The van der Waals surface area contributed by atoms with Crippen molar-refractivity contribution >= 4 is 35.3 Å². The highest BCUT2D eigenvalue weighted by Crippen LogP contribution is 2.59. The van der Waals surface area contributed by atoms with Crippen molar-refractivity contribution in [1.29, 1.82) is 0 Å². The average Bonchev–Trinajstić information content (AvgIpc) is 2.38. The lowest BCUT2D eigenvalue weighted by Crippen LogP contribution is -2.29. The zero-order valence-corrected chi connectivity index (χ0v) is 15.9. The first kappa shape index (κ1) is 20.4. The van der Waals surface area contributed by atoms with E-state index >= 15 is 0 Å². The number of aromatic nitrogens is 2. The van der Waals surface area contributed by atoms with Crippen molar-refractivity contribution in [3.8, 4) is 0 Å². The van der Waals surface area contributed by atoms with Crippen LogP contribution < -0.4 is 11.2 Å². The van der Waals surface area contributed by atoms with Gasteiger partial charge in [-0.1, -0.05) is 23.8 Å². The van der Waals surface area contributed by atoms with Crippen molar-refractivity contribution in [2.45, 2.75) is 6.54 Å². The minimum atomic E-state index is -3.77. The molecule has 9 nitrogen and oxygen atoms in total. The molecule has 13 heteroatoms. The lowest BCUT2D eigenvalue weighted by atomic mass is 10.5. The molecule has 2 unspecified atom stereocenters. The van der Waals surface area contributed by atoms with Gasteiger partial charge >= 0.3 is 13.3 Å². The van der Waals surface area contributed by atoms with Crippen LogP contribution in [0.2, 0.25) is 5.02 Å². The van der Waals surface area contributed by atoms with Gasteiger partial charge in [0.05, 0.1) is 6.16 Å². The summed E-state index contributed by atoms with van der Waals surface area (Å²) in [4.78, 5) is 24.7. The van der Waals surface area contributed by atoms with E-state index in [1.165, 1.54) is 25.5 Å². The van der Waals surface area contributed by atoms with Crippen LogP contribution >= 0.6 is 35.3 Å². The first-order valence-corrected chi connectivity index (χ1v) is 12.0. The molecule has 0 aliphatic heterocycles. The molecule has 0 spiro atoms. The molecule has 1 aromatic heterocycles. The number of aromatic amines is 1. The van der Waals surface area contributed by atoms with Gasteiger partial charge in [0.2, 0.25) is 0 Å². The second kappa shape index (κ2) is 8.97. The van der Waals surface area contributed by atoms with Crippen molar-refractivity contribution < 1.29 is 22.3 Å². The fourth-order valence-electron chi connectivity index (χ4n) is 1.49. The van der Waals surface area contributed by atoms with Gasteiger partial charge in [0, 0.05) is 26.1 Å². The van der Waals surface area contributed by atoms with Crippen LogP contribution in [0.5, 0.6) is 0 Å². The second-order valence-corrected chi connectivity index (χ2v) is 9.74. The predicted octanol–water partition coefficient (Wildman–Crippen LogP) is 2.18. The predicted molar refractivity (Wildman–Crippen MR) is 90.0 cm³/mol. The van der Waals surface area contributed by atoms with Crippen molar-refractivity contribution in [1.82, 2.24) is 9.55 Å². The molecule has 0 fully saturated rings. The molecular formula is C10H16ClN2O7P3. The molecule has 0 radical (unpaired) electrons. The smallest absolute Gasteiger partial charge is 0.296 e. The van der Waals surface area contributed by atoms with Gasteiger partial charge in [0.15, 0.2) is 16.1 Å². The van der Waals surface area contributed by atoms with Gasteiger partial charge in [-0.3, -0.25) is 36.7 Å². The van der Waals surface area contributed by atoms with Gasteiger partial charge in [-0.15, -0.1) is 0 Å². The maximum atomic E-state index is 12.2. The Morgan fingerprint density at radius 3 is 2.35 bits per heavy atom. The summed E-state index contributed by atoms with van der Waals surface area (Å²) in [6.07, 6.45) is 3.74. The molecule has 2 atom stereocenters. The summed E-state index contributed by atoms with van der Waals surface area (Å²) in [7, 11) is -8.87. The van der Waals surface area contributed by atoms with E-state index in [1.807, 2.05) is 4.98 Å². The first-order valence-electron chi connectivity index (χ1n) is 6.26. The summed E-state index contributed by atoms with van der Waals surface area (Å²) in [6, 6.07) is 0. The SMILES string of the molecule is C[PH](=O)OP(=O)(C/C=C\Cn1cc(Cl)c(=O)[nH]c1=O)O[PH](C)=O. The van der Waals surface area contributed by atoms with Crippen molar-refractivity contribution in [2.75, 3.05) is 19.5 Å². The molecule has 0 saturated carbocycles. The van der Waals surface area contributed by atoms with Crippen molar-refractivity contribution in [2.24, 2.45) is 0 Å². The van der Waals surface area contributed by atoms with E-state index in [0.717, 1.165) is 10.8 Å². The average molecular weight is 405 g/mol. The van der Waals surface area contributed by atoms with Gasteiger partial charge < -0.3 is 0 Å². The normalized spacial score (nSPS) is 17.0. The molecular weight excluding hydrogens is 388 g/mol. The number of H-pyrrole nitrogens is 1. The summed E-state index contributed by atoms with van der Waals surface area (Å²) < 4.78 is 45.1. The van der Waals surface area contributed by atoms with Gasteiger partial charge in [0.25, 0.3) is 5.56 Å². The number of halogens is 1. The minimum Gasteiger partial charge on any atom is -0.296 e. The minimum absolute atomic E-state index is 0.0396. The van der Waals surface area contributed by atoms with Gasteiger partial charge in [-0.2, -0.15) is 0 Å². The second-order valence-electron chi connectivity index (χ2n) is 4.32. The Kier molecular flexibility index (Phi) is 7.95. The van der Waals surface area contributed by atoms with Gasteiger partial charge in [0.1, 0.15) is 5.02 Å². The molecule has 0 aliphatic rings. The highest BCUT2D eigenvalue weighted by molar-refractivity contribution is 7.66. The molecule has 1 aromatic rings. The number of hydrogen-bond acceptors (Lipinski definition) is 7. The Hall–Kier alpha value is -0.680. The van der Waals surface area contributed by atoms with Crippen LogP contribution in [0.15, 0.2) is 27.9 Å². The molecule has 0 saturated heterocycles. The molecule has 130 valence electrons. The molecule has 1 N–H and O–H groups in total. The number of rotatable bonds is 8. The fourth-order valence-corrected chi connectivity index (χ4v) is 6.28. The molecule has 1 rings (SSSR count). The topological polar surface area (TPSA) is 125 Å². The summed E-state index contributed by atoms with van der Waals surface area (Å²) in [6.45, 7) is 2.51. The summed E-state index contributed by atoms with van der Waals surface area (Å²) in [5.41, 5.74) is -1.35. The van der Waals surface area contributed by atoms with Crippen LogP contribution in [0, 0.1) is 0 Å². The summed E-state index contributed by atoms with van der Waals surface area (Å²) in [5.74, 6) is 0. The molecule has 23 heavy (non-hydrogen) atoms. The maximum absolute atomic E-state index is 12.2. The third kappa shape index (κ3) is 7.17. The zero-order valence-electron chi connectivity index (χ0n) is 12.3. The Labute approximate surface area is 137 Å². The van der Waals surface area contributed by atoms with Crippen LogP contribution in [0.4, 0.5) is 0 Å². The van der Waals surface area contributed by atoms with E-state index in [2.05, 4.69) is 0 Å². The number of nitrogens with zero attached hydrogens (tertiary/aromatic N) is 1.